The molecule has 0 saturated carbocycles. The lowest BCUT2D eigenvalue weighted by atomic mass is 10.00. The lowest BCUT2D eigenvalue weighted by Gasteiger charge is -2.32. The Morgan fingerprint density at radius 2 is 2.00 bits per heavy atom. The number of nitrogens with zero attached hydrogens (tertiary/aromatic N) is 3. The van der Waals surface area contributed by atoms with Crippen molar-refractivity contribution < 1.29 is 9.21 Å². The Balaban J connectivity index is 1.51. The minimum absolute atomic E-state index is 0.0452. The number of furan rings is 1. The predicted molar refractivity (Wildman–Crippen MR) is 115 cm³/mol. The summed E-state index contributed by atoms with van der Waals surface area (Å²) in [5.74, 6) is 0.966. The smallest absolute Gasteiger partial charge is 0.270 e. The highest BCUT2D eigenvalue weighted by Crippen LogP contribution is 2.30. The third-order valence-corrected chi connectivity index (χ3v) is 5.58. The summed E-state index contributed by atoms with van der Waals surface area (Å²) in [6, 6.07) is 16.5. The van der Waals surface area contributed by atoms with E-state index in [0.717, 1.165) is 25.1 Å². The zero-order valence-corrected chi connectivity index (χ0v) is 17.0. The van der Waals surface area contributed by atoms with Gasteiger partial charge in [-0.15, -0.1) is 0 Å². The van der Waals surface area contributed by atoms with Gasteiger partial charge in [0.2, 0.25) is 5.88 Å². The molecule has 0 fully saturated rings. The molecular weight excluding hydrogens is 362 g/mol. The van der Waals surface area contributed by atoms with Crippen LogP contribution in [0.1, 0.15) is 28.0 Å². The van der Waals surface area contributed by atoms with E-state index in [-0.39, 0.29) is 11.9 Å². The van der Waals surface area contributed by atoms with Crippen molar-refractivity contribution in [2.24, 2.45) is 7.05 Å². The molecule has 1 amide bonds. The molecule has 29 heavy (non-hydrogen) atoms. The standard InChI is InChI=1S/C24H27N3O2/c1-25-14-7-11-22(25)23(28)26(2)16-12-21(18-19-8-4-3-5-9-19)27-15-6-10-20-13-17-29-24(20)27/h3-9,11,13-15,17,21H,10,12,16,18H2,1-2H3. The van der Waals surface area contributed by atoms with E-state index in [1.54, 1.807) is 6.26 Å². The van der Waals surface area contributed by atoms with Crippen LogP contribution in [0.15, 0.2) is 77.7 Å². The van der Waals surface area contributed by atoms with Crippen molar-refractivity contribution in [1.29, 1.82) is 0 Å². The largest absolute Gasteiger partial charge is 0.448 e. The van der Waals surface area contributed by atoms with E-state index < -0.39 is 0 Å². The molecule has 0 aliphatic carbocycles. The number of rotatable bonds is 7. The molecule has 1 aromatic carbocycles. The molecule has 0 N–H and O–H groups in total. The van der Waals surface area contributed by atoms with Crippen molar-refractivity contribution in [2.45, 2.75) is 25.3 Å². The fourth-order valence-corrected chi connectivity index (χ4v) is 3.91. The lowest BCUT2D eigenvalue weighted by Crippen LogP contribution is -2.38. The second kappa shape index (κ2) is 8.43. The number of carbonyl (C=O) groups excluding carboxylic acids is 1. The van der Waals surface area contributed by atoms with Gasteiger partial charge in [-0.05, 0) is 43.0 Å². The van der Waals surface area contributed by atoms with Gasteiger partial charge in [-0.2, -0.15) is 0 Å². The van der Waals surface area contributed by atoms with Gasteiger partial charge in [0.25, 0.3) is 5.91 Å². The zero-order chi connectivity index (χ0) is 20.2. The minimum atomic E-state index is 0.0452. The number of fused-ring (bicyclic) bond motifs is 1. The van der Waals surface area contributed by atoms with Crippen LogP contribution in [0.3, 0.4) is 0 Å². The Morgan fingerprint density at radius 3 is 2.76 bits per heavy atom. The van der Waals surface area contributed by atoms with Gasteiger partial charge in [0.1, 0.15) is 5.69 Å². The van der Waals surface area contributed by atoms with Crippen molar-refractivity contribution in [1.82, 2.24) is 9.47 Å². The maximum atomic E-state index is 12.8. The van der Waals surface area contributed by atoms with Gasteiger partial charge >= 0.3 is 0 Å². The number of amides is 1. The van der Waals surface area contributed by atoms with Gasteiger partial charge < -0.3 is 18.8 Å². The SMILES string of the molecule is CN(CCC(Cc1ccccc1)N1C=CCc2ccoc21)C(=O)c1cccn1C. The molecule has 3 aromatic rings. The summed E-state index contributed by atoms with van der Waals surface area (Å²) in [5, 5.41) is 0. The van der Waals surface area contributed by atoms with Crippen LogP contribution in [-0.2, 0) is 19.9 Å². The number of allylic oxidation sites excluding steroid dienone is 1. The van der Waals surface area contributed by atoms with E-state index in [1.807, 2.05) is 54.0 Å². The van der Waals surface area contributed by atoms with Gasteiger partial charge in [0.05, 0.1) is 6.26 Å². The average molecular weight is 389 g/mol. The molecule has 0 bridgehead atoms. The molecule has 0 saturated heterocycles. The number of aromatic nitrogens is 1. The van der Waals surface area contributed by atoms with Gasteiger partial charge in [0.15, 0.2) is 0 Å². The van der Waals surface area contributed by atoms with Crippen molar-refractivity contribution in [2.75, 3.05) is 18.5 Å². The molecule has 3 heterocycles. The fourth-order valence-electron chi connectivity index (χ4n) is 3.91. The zero-order valence-electron chi connectivity index (χ0n) is 17.0. The summed E-state index contributed by atoms with van der Waals surface area (Å²) in [6.07, 6.45) is 10.6. The molecule has 1 unspecified atom stereocenters. The predicted octanol–water partition coefficient (Wildman–Crippen LogP) is 4.27. The number of benzene rings is 1. The second-order valence-electron chi connectivity index (χ2n) is 7.61. The summed E-state index contributed by atoms with van der Waals surface area (Å²) in [5.41, 5.74) is 3.19. The summed E-state index contributed by atoms with van der Waals surface area (Å²) in [6.45, 7) is 0.669. The van der Waals surface area contributed by atoms with E-state index in [0.29, 0.717) is 12.2 Å². The average Bonchev–Trinajstić information content (AvgIpc) is 3.39. The Kier molecular flexibility index (Phi) is 5.56. The van der Waals surface area contributed by atoms with Gasteiger partial charge in [-0.3, -0.25) is 4.79 Å². The summed E-state index contributed by atoms with van der Waals surface area (Å²) in [4.78, 5) is 16.8. The van der Waals surface area contributed by atoms with Crippen molar-refractivity contribution >= 4 is 11.8 Å². The second-order valence-corrected chi connectivity index (χ2v) is 7.61. The van der Waals surface area contributed by atoms with E-state index in [4.69, 9.17) is 4.42 Å². The summed E-state index contributed by atoms with van der Waals surface area (Å²) >= 11 is 0. The third kappa shape index (κ3) is 4.14. The van der Waals surface area contributed by atoms with Crippen LogP contribution in [0, 0.1) is 0 Å². The number of anilines is 1. The van der Waals surface area contributed by atoms with E-state index >= 15 is 0 Å². The first-order chi connectivity index (χ1) is 14.1. The van der Waals surface area contributed by atoms with Crippen LogP contribution in [0.2, 0.25) is 0 Å². The molecule has 0 radical (unpaired) electrons. The van der Waals surface area contributed by atoms with Crippen LogP contribution >= 0.6 is 0 Å². The third-order valence-electron chi connectivity index (χ3n) is 5.58. The van der Waals surface area contributed by atoms with Crippen LogP contribution in [0.4, 0.5) is 5.88 Å². The topological polar surface area (TPSA) is 41.6 Å². The molecule has 4 rings (SSSR count). The first kappa shape index (κ1) is 19.1. The minimum Gasteiger partial charge on any atom is -0.448 e. The number of carbonyl (C=O) groups is 1. The van der Waals surface area contributed by atoms with Crippen molar-refractivity contribution in [3.63, 3.8) is 0 Å². The van der Waals surface area contributed by atoms with E-state index in [2.05, 4.69) is 41.4 Å². The highest BCUT2D eigenvalue weighted by atomic mass is 16.3. The summed E-state index contributed by atoms with van der Waals surface area (Å²) in [7, 11) is 3.77. The van der Waals surface area contributed by atoms with Gasteiger partial charge in [0, 0.05) is 44.6 Å². The molecule has 1 atom stereocenters. The van der Waals surface area contributed by atoms with Crippen molar-refractivity contribution in [3.8, 4) is 0 Å². The van der Waals surface area contributed by atoms with E-state index in [1.165, 1.54) is 11.1 Å². The quantitative estimate of drug-likeness (QED) is 0.606. The Labute approximate surface area is 171 Å². The van der Waals surface area contributed by atoms with Crippen LogP contribution < -0.4 is 4.90 Å². The van der Waals surface area contributed by atoms with Gasteiger partial charge in [-0.1, -0.05) is 36.4 Å². The molecule has 5 heteroatoms. The first-order valence-corrected chi connectivity index (χ1v) is 10.1. The number of aryl methyl sites for hydroxylation is 1. The van der Waals surface area contributed by atoms with E-state index in [9.17, 15) is 4.79 Å². The summed E-state index contributed by atoms with van der Waals surface area (Å²) < 4.78 is 7.67. The Hall–Kier alpha value is -3.21. The maximum absolute atomic E-state index is 12.8. The van der Waals surface area contributed by atoms with Crippen molar-refractivity contribution in [3.05, 3.63) is 90.1 Å². The highest BCUT2D eigenvalue weighted by molar-refractivity contribution is 5.92. The van der Waals surface area contributed by atoms with Gasteiger partial charge in [-0.25, -0.2) is 0 Å². The Morgan fingerprint density at radius 1 is 1.17 bits per heavy atom. The Bertz CT molecular complexity index is 986. The molecule has 1 aliphatic heterocycles. The molecule has 5 nitrogen and oxygen atoms in total. The normalized spacial score (nSPS) is 13.9. The van der Waals surface area contributed by atoms with Crippen LogP contribution in [-0.4, -0.2) is 35.0 Å². The lowest BCUT2D eigenvalue weighted by molar-refractivity contribution is 0.0781. The van der Waals surface area contributed by atoms with Crippen LogP contribution in [0.5, 0.6) is 0 Å². The number of hydrogen-bond acceptors (Lipinski definition) is 3. The molecule has 2 aromatic heterocycles. The first-order valence-electron chi connectivity index (χ1n) is 10.1. The maximum Gasteiger partial charge on any atom is 0.270 e. The van der Waals surface area contributed by atoms with Crippen LogP contribution in [0.25, 0.3) is 0 Å². The monoisotopic (exact) mass is 389 g/mol. The molecule has 0 spiro atoms. The molecular formula is C24H27N3O2. The molecule has 150 valence electrons. The molecule has 1 aliphatic rings. The number of hydrogen-bond donors (Lipinski definition) is 0. The highest BCUT2D eigenvalue weighted by Gasteiger charge is 2.25. The fraction of sp³-hybridized carbons (Fsp3) is 0.292.